The van der Waals surface area contributed by atoms with Gasteiger partial charge in [-0.25, -0.2) is 4.98 Å². The van der Waals surface area contributed by atoms with Crippen molar-refractivity contribution in [3.05, 3.63) is 35.7 Å². The zero-order valence-corrected chi connectivity index (χ0v) is 12.4. The molecule has 4 nitrogen and oxygen atoms in total. The molecule has 102 valence electrons. The molecule has 0 N–H and O–H groups in total. The van der Waals surface area contributed by atoms with Gasteiger partial charge in [-0.05, 0) is 26.6 Å². The van der Waals surface area contributed by atoms with Gasteiger partial charge in [0.25, 0.3) is 0 Å². The fourth-order valence-electron chi connectivity index (χ4n) is 2.06. The number of hydrogen-bond donors (Lipinski definition) is 0. The van der Waals surface area contributed by atoms with E-state index in [1.54, 1.807) is 0 Å². The van der Waals surface area contributed by atoms with Crippen LogP contribution in [0.4, 0.5) is 0 Å². The lowest BCUT2D eigenvalue weighted by Crippen LogP contribution is -2.16. The maximum absolute atomic E-state index is 4.55. The quantitative estimate of drug-likeness (QED) is 0.845. The second kappa shape index (κ2) is 5.53. The van der Waals surface area contributed by atoms with Gasteiger partial charge in [0.05, 0.1) is 0 Å². The monoisotopic (exact) mass is 258 g/mol. The molecule has 2 aromatic rings. The van der Waals surface area contributed by atoms with E-state index in [4.69, 9.17) is 0 Å². The predicted octanol–water partition coefficient (Wildman–Crippen LogP) is 2.67. The molecule has 4 heteroatoms. The third kappa shape index (κ3) is 2.84. The number of aromatic nitrogens is 3. The molecule has 0 unspecified atom stereocenters. The van der Waals surface area contributed by atoms with Crippen LogP contribution in [0.1, 0.15) is 31.3 Å². The molecule has 0 saturated carbocycles. The SMILES string of the molecule is CCc1nc(-c2ccc([C@H](C)N(C)C)cc2)nn1C. The molecule has 1 heterocycles. The Hall–Kier alpha value is -1.68. The number of benzene rings is 1. The summed E-state index contributed by atoms with van der Waals surface area (Å²) in [6, 6.07) is 8.93. The van der Waals surface area contributed by atoms with E-state index in [0.29, 0.717) is 6.04 Å². The minimum atomic E-state index is 0.414. The molecule has 2 rings (SSSR count). The smallest absolute Gasteiger partial charge is 0.181 e. The van der Waals surface area contributed by atoms with Crippen LogP contribution >= 0.6 is 0 Å². The van der Waals surface area contributed by atoms with Crippen LogP contribution in [0.25, 0.3) is 11.4 Å². The first-order valence-corrected chi connectivity index (χ1v) is 6.69. The van der Waals surface area contributed by atoms with Crippen LogP contribution in [0.2, 0.25) is 0 Å². The van der Waals surface area contributed by atoms with E-state index >= 15 is 0 Å². The Labute approximate surface area is 115 Å². The van der Waals surface area contributed by atoms with Crippen molar-refractivity contribution >= 4 is 0 Å². The lowest BCUT2D eigenvalue weighted by atomic mass is 10.1. The largest absolute Gasteiger partial charge is 0.303 e. The standard InChI is InChI=1S/C15H22N4/c1-6-14-16-15(17-19(14)5)13-9-7-12(8-10-13)11(2)18(3)4/h7-11H,6H2,1-5H3/t11-/m0/s1. The Morgan fingerprint density at radius 2 is 1.84 bits per heavy atom. The van der Waals surface area contributed by atoms with Crippen molar-refractivity contribution in [1.82, 2.24) is 19.7 Å². The molecule has 0 saturated heterocycles. The zero-order valence-electron chi connectivity index (χ0n) is 12.4. The van der Waals surface area contributed by atoms with Gasteiger partial charge in [0, 0.05) is 25.1 Å². The van der Waals surface area contributed by atoms with Gasteiger partial charge in [0.15, 0.2) is 5.82 Å². The summed E-state index contributed by atoms with van der Waals surface area (Å²) >= 11 is 0. The molecule has 0 aliphatic heterocycles. The van der Waals surface area contributed by atoms with Gasteiger partial charge in [-0.15, -0.1) is 0 Å². The summed E-state index contributed by atoms with van der Waals surface area (Å²) in [4.78, 5) is 6.75. The van der Waals surface area contributed by atoms with Crippen molar-refractivity contribution in [3.8, 4) is 11.4 Å². The van der Waals surface area contributed by atoms with Gasteiger partial charge in [-0.2, -0.15) is 5.10 Å². The number of aryl methyl sites for hydroxylation is 2. The maximum Gasteiger partial charge on any atom is 0.181 e. The minimum Gasteiger partial charge on any atom is -0.303 e. The molecule has 0 aliphatic carbocycles. The highest BCUT2D eigenvalue weighted by atomic mass is 15.3. The predicted molar refractivity (Wildman–Crippen MR) is 77.9 cm³/mol. The van der Waals surface area contributed by atoms with Crippen molar-refractivity contribution in [2.75, 3.05) is 14.1 Å². The van der Waals surface area contributed by atoms with Crippen molar-refractivity contribution in [2.45, 2.75) is 26.3 Å². The van der Waals surface area contributed by atoms with Crippen molar-refractivity contribution in [1.29, 1.82) is 0 Å². The van der Waals surface area contributed by atoms with Crippen LogP contribution in [0.3, 0.4) is 0 Å². The van der Waals surface area contributed by atoms with E-state index < -0.39 is 0 Å². The molecule has 19 heavy (non-hydrogen) atoms. The van der Waals surface area contributed by atoms with Gasteiger partial charge in [-0.1, -0.05) is 31.2 Å². The van der Waals surface area contributed by atoms with Crippen LogP contribution in [-0.4, -0.2) is 33.8 Å². The summed E-state index contributed by atoms with van der Waals surface area (Å²) in [5.41, 5.74) is 2.38. The lowest BCUT2D eigenvalue weighted by molar-refractivity contribution is 0.321. The first kappa shape index (κ1) is 13.7. The number of hydrogen-bond acceptors (Lipinski definition) is 3. The summed E-state index contributed by atoms with van der Waals surface area (Å²) in [5.74, 6) is 1.82. The van der Waals surface area contributed by atoms with Crippen LogP contribution in [-0.2, 0) is 13.5 Å². The van der Waals surface area contributed by atoms with Crippen molar-refractivity contribution in [3.63, 3.8) is 0 Å². The van der Waals surface area contributed by atoms with Gasteiger partial charge in [0.1, 0.15) is 5.82 Å². The Balaban J connectivity index is 2.27. The number of rotatable bonds is 4. The second-order valence-corrected chi connectivity index (χ2v) is 5.09. The van der Waals surface area contributed by atoms with Gasteiger partial charge in [-0.3, -0.25) is 4.68 Å². The molecule has 1 aromatic carbocycles. The van der Waals surface area contributed by atoms with Crippen LogP contribution in [0.15, 0.2) is 24.3 Å². The summed E-state index contributed by atoms with van der Waals surface area (Å²) in [7, 11) is 6.12. The fraction of sp³-hybridized carbons (Fsp3) is 0.467. The molecule has 0 aliphatic rings. The molecule has 0 bridgehead atoms. The molecular weight excluding hydrogens is 236 g/mol. The molecule has 0 spiro atoms. The van der Waals surface area contributed by atoms with Crippen molar-refractivity contribution < 1.29 is 0 Å². The average Bonchev–Trinajstić information content (AvgIpc) is 2.79. The number of nitrogens with zero attached hydrogens (tertiary/aromatic N) is 4. The summed E-state index contributed by atoms with van der Waals surface area (Å²) in [5, 5.41) is 4.46. The maximum atomic E-state index is 4.55. The summed E-state index contributed by atoms with van der Waals surface area (Å²) in [6.45, 7) is 4.29. The fourth-order valence-corrected chi connectivity index (χ4v) is 2.06. The first-order chi connectivity index (χ1) is 9.02. The molecule has 0 amide bonds. The highest BCUT2D eigenvalue weighted by Gasteiger charge is 2.10. The van der Waals surface area contributed by atoms with Crippen LogP contribution < -0.4 is 0 Å². The summed E-state index contributed by atoms with van der Waals surface area (Å²) < 4.78 is 1.85. The molecule has 0 radical (unpaired) electrons. The Kier molecular flexibility index (Phi) is 4.00. The summed E-state index contributed by atoms with van der Waals surface area (Å²) in [6.07, 6.45) is 0.902. The molecular formula is C15H22N4. The van der Waals surface area contributed by atoms with Crippen LogP contribution in [0, 0.1) is 0 Å². The third-order valence-electron chi connectivity index (χ3n) is 3.60. The normalized spacial score (nSPS) is 12.9. The van der Waals surface area contributed by atoms with Gasteiger partial charge in [0.2, 0.25) is 0 Å². The van der Waals surface area contributed by atoms with E-state index in [-0.39, 0.29) is 0 Å². The second-order valence-electron chi connectivity index (χ2n) is 5.09. The molecule has 1 atom stereocenters. The third-order valence-corrected chi connectivity index (χ3v) is 3.60. The molecule has 0 fully saturated rings. The van der Waals surface area contributed by atoms with Crippen molar-refractivity contribution in [2.24, 2.45) is 7.05 Å². The zero-order chi connectivity index (χ0) is 14.0. The van der Waals surface area contributed by atoms with E-state index in [1.807, 2.05) is 11.7 Å². The van der Waals surface area contributed by atoms with E-state index in [0.717, 1.165) is 23.6 Å². The molecule has 1 aromatic heterocycles. The first-order valence-electron chi connectivity index (χ1n) is 6.69. The minimum absolute atomic E-state index is 0.414. The Bertz CT molecular complexity index is 540. The van der Waals surface area contributed by atoms with Crippen LogP contribution in [0.5, 0.6) is 0 Å². The highest BCUT2D eigenvalue weighted by Crippen LogP contribution is 2.21. The Morgan fingerprint density at radius 1 is 1.21 bits per heavy atom. The topological polar surface area (TPSA) is 34.0 Å². The average molecular weight is 258 g/mol. The van der Waals surface area contributed by atoms with E-state index in [1.165, 1.54) is 5.56 Å². The van der Waals surface area contributed by atoms with Gasteiger partial charge < -0.3 is 4.90 Å². The highest BCUT2D eigenvalue weighted by molar-refractivity contribution is 5.55. The lowest BCUT2D eigenvalue weighted by Gasteiger charge is -2.20. The Morgan fingerprint density at radius 3 is 2.32 bits per heavy atom. The van der Waals surface area contributed by atoms with E-state index in [2.05, 4.69) is 67.2 Å². The van der Waals surface area contributed by atoms with Gasteiger partial charge >= 0.3 is 0 Å². The van der Waals surface area contributed by atoms with E-state index in [9.17, 15) is 0 Å².